The molecule has 0 aliphatic heterocycles. The fourth-order valence-electron chi connectivity index (χ4n) is 1.06. The number of aromatic nitrogens is 1. The van der Waals surface area contributed by atoms with Gasteiger partial charge in [0.05, 0.1) is 13.0 Å². The number of nitrogens with two attached hydrogens (primary N) is 1. The van der Waals surface area contributed by atoms with Gasteiger partial charge < -0.3 is 10.5 Å². The number of thiazole rings is 1. The summed E-state index contributed by atoms with van der Waals surface area (Å²) in [5, 5.41) is 0.544. The molecular weight excluding hydrogens is 216 g/mol. The molecule has 1 amide bonds. The van der Waals surface area contributed by atoms with Gasteiger partial charge in [-0.25, -0.2) is 9.78 Å². The van der Waals surface area contributed by atoms with E-state index in [4.69, 9.17) is 10.5 Å². The quantitative estimate of drug-likeness (QED) is 0.767. The summed E-state index contributed by atoms with van der Waals surface area (Å²) in [6.45, 7) is 3.79. The van der Waals surface area contributed by atoms with Gasteiger partial charge in [0.15, 0.2) is 5.69 Å². The van der Waals surface area contributed by atoms with Crippen molar-refractivity contribution in [3.63, 3.8) is 0 Å². The van der Waals surface area contributed by atoms with E-state index < -0.39 is 11.9 Å². The molecule has 2 N–H and O–H groups in total. The molecular formula is C9H12N2O3S. The molecule has 15 heavy (non-hydrogen) atoms. The highest BCUT2D eigenvalue weighted by Crippen LogP contribution is 2.18. The van der Waals surface area contributed by atoms with Crippen LogP contribution < -0.4 is 5.73 Å². The Morgan fingerprint density at radius 3 is 2.73 bits per heavy atom. The summed E-state index contributed by atoms with van der Waals surface area (Å²) in [5.41, 5.74) is 5.31. The zero-order chi connectivity index (χ0) is 11.4. The van der Waals surface area contributed by atoms with Gasteiger partial charge in [0.25, 0.3) is 0 Å². The summed E-state index contributed by atoms with van der Waals surface area (Å²) in [4.78, 5) is 26.8. The molecule has 0 atom stereocenters. The lowest BCUT2D eigenvalue weighted by molar-refractivity contribution is -0.117. The van der Waals surface area contributed by atoms with Crippen LogP contribution in [-0.4, -0.2) is 23.5 Å². The van der Waals surface area contributed by atoms with Crippen LogP contribution in [0.4, 0.5) is 0 Å². The van der Waals surface area contributed by atoms with Crippen LogP contribution in [0.5, 0.6) is 0 Å². The van der Waals surface area contributed by atoms with E-state index in [2.05, 4.69) is 4.98 Å². The number of primary amides is 1. The minimum Gasteiger partial charge on any atom is -0.461 e. The molecule has 1 heterocycles. The molecule has 0 fully saturated rings. The van der Waals surface area contributed by atoms with Crippen LogP contribution in [0.15, 0.2) is 0 Å². The van der Waals surface area contributed by atoms with Gasteiger partial charge in [-0.3, -0.25) is 4.79 Å². The van der Waals surface area contributed by atoms with Crippen LogP contribution in [0.1, 0.15) is 27.3 Å². The van der Waals surface area contributed by atoms with Gasteiger partial charge >= 0.3 is 5.97 Å². The van der Waals surface area contributed by atoms with Gasteiger partial charge in [0, 0.05) is 4.88 Å². The molecule has 0 radical (unpaired) electrons. The molecule has 1 aromatic heterocycles. The van der Waals surface area contributed by atoms with E-state index in [1.54, 1.807) is 13.8 Å². The van der Waals surface area contributed by atoms with E-state index in [1.165, 1.54) is 11.3 Å². The maximum absolute atomic E-state index is 11.4. The minimum atomic E-state index is -0.459. The molecule has 0 saturated carbocycles. The number of carbonyl (C=O) groups excluding carboxylic acids is 2. The van der Waals surface area contributed by atoms with E-state index in [0.29, 0.717) is 11.6 Å². The number of amides is 1. The van der Waals surface area contributed by atoms with Crippen LogP contribution in [0, 0.1) is 6.92 Å². The fraction of sp³-hybridized carbons (Fsp3) is 0.444. The lowest BCUT2D eigenvalue weighted by Gasteiger charge is -1.97. The molecule has 0 saturated heterocycles. The van der Waals surface area contributed by atoms with Crippen molar-refractivity contribution in [1.29, 1.82) is 0 Å². The first kappa shape index (κ1) is 11.6. The normalized spacial score (nSPS) is 10.0. The summed E-state index contributed by atoms with van der Waals surface area (Å²) < 4.78 is 4.82. The first-order valence-electron chi connectivity index (χ1n) is 4.46. The number of ether oxygens (including phenoxy) is 1. The average molecular weight is 228 g/mol. The summed E-state index contributed by atoms with van der Waals surface area (Å²) in [7, 11) is 0. The predicted molar refractivity (Wildman–Crippen MR) is 55.7 cm³/mol. The highest BCUT2D eigenvalue weighted by atomic mass is 32.1. The van der Waals surface area contributed by atoms with E-state index in [-0.39, 0.29) is 12.1 Å². The van der Waals surface area contributed by atoms with Crippen LogP contribution >= 0.6 is 11.3 Å². The second-order valence-electron chi connectivity index (χ2n) is 2.88. The number of hydrogen-bond donors (Lipinski definition) is 1. The third kappa shape index (κ3) is 3.02. The Bertz CT molecular complexity index is 387. The van der Waals surface area contributed by atoms with Crippen LogP contribution in [0.25, 0.3) is 0 Å². The van der Waals surface area contributed by atoms with Crippen molar-refractivity contribution in [2.75, 3.05) is 6.61 Å². The van der Waals surface area contributed by atoms with Crippen molar-refractivity contribution in [1.82, 2.24) is 4.98 Å². The fourth-order valence-corrected chi connectivity index (χ4v) is 2.00. The molecule has 0 spiro atoms. The zero-order valence-corrected chi connectivity index (χ0v) is 9.39. The molecule has 0 aliphatic carbocycles. The number of nitrogens with zero attached hydrogens (tertiary/aromatic N) is 1. The molecule has 0 unspecified atom stereocenters. The van der Waals surface area contributed by atoms with Crippen molar-refractivity contribution >= 4 is 23.2 Å². The second kappa shape index (κ2) is 4.88. The van der Waals surface area contributed by atoms with Crippen LogP contribution in [0.2, 0.25) is 0 Å². The van der Waals surface area contributed by atoms with Crippen molar-refractivity contribution in [3.05, 3.63) is 15.6 Å². The third-order valence-electron chi connectivity index (χ3n) is 1.64. The van der Waals surface area contributed by atoms with Crippen molar-refractivity contribution in [2.45, 2.75) is 20.3 Å². The van der Waals surface area contributed by atoms with Crippen molar-refractivity contribution in [3.8, 4) is 0 Å². The monoisotopic (exact) mass is 228 g/mol. The zero-order valence-electron chi connectivity index (χ0n) is 8.57. The molecule has 0 bridgehead atoms. The van der Waals surface area contributed by atoms with Crippen LogP contribution in [0.3, 0.4) is 0 Å². The molecule has 5 nitrogen and oxygen atoms in total. The largest absolute Gasteiger partial charge is 0.461 e. The lowest BCUT2D eigenvalue weighted by Crippen LogP contribution is -2.14. The van der Waals surface area contributed by atoms with E-state index in [1.807, 2.05) is 0 Å². The Kier molecular flexibility index (Phi) is 3.79. The molecule has 1 rings (SSSR count). The Morgan fingerprint density at radius 1 is 1.53 bits per heavy atom. The molecule has 82 valence electrons. The highest BCUT2D eigenvalue weighted by molar-refractivity contribution is 7.12. The smallest absolute Gasteiger partial charge is 0.358 e. The summed E-state index contributed by atoms with van der Waals surface area (Å²) >= 11 is 1.28. The van der Waals surface area contributed by atoms with Gasteiger partial charge in [0.1, 0.15) is 5.01 Å². The SMILES string of the molecule is CCOC(=O)c1nc(CC(N)=O)sc1C. The lowest BCUT2D eigenvalue weighted by atomic mass is 10.4. The maximum atomic E-state index is 11.4. The molecule has 0 aromatic carbocycles. The number of esters is 1. The van der Waals surface area contributed by atoms with Gasteiger partial charge in [-0.1, -0.05) is 0 Å². The highest BCUT2D eigenvalue weighted by Gasteiger charge is 2.16. The maximum Gasteiger partial charge on any atom is 0.358 e. The second-order valence-corrected chi connectivity index (χ2v) is 4.16. The summed E-state index contributed by atoms with van der Waals surface area (Å²) in [6.07, 6.45) is 0.0604. The number of rotatable bonds is 4. The Balaban J connectivity index is 2.86. The van der Waals surface area contributed by atoms with E-state index in [9.17, 15) is 9.59 Å². The minimum absolute atomic E-state index is 0.0604. The van der Waals surface area contributed by atoms with Gasteiger partial charge in [-0.2, -0.15) is 0 Å². The predicted octanol–water partition coefficient (Wildman–Crippen LogP) is 0.656. The first-order chi connectivity index (χ1) is 7.04. The van der Waals surface area contributed by atoms with Gasteiger partial charge in [-0.05, 0) is 13.8 Å². The average Bonchev–Trinajstić information content (AvgIpc) is 2.46. The summed E-state index contributed by atoms with van der Waals surface area (Å²) in [5.74, 6) is -0.916. The molecule has 6 heteroatoms. The number of aryl methyl sites for hydroxylation is 1. The standard InChI is InChI=1S/C9H12N2O3S/c1-3-14-9(13)8-5(2)15-7(11-8)4-6(10)12/h3-4H2,1-2H3,(H2,10,12). The van der Waals surface area contributed by atoms with E-state index in [0.717, 1.165) is 4.88 Å². The number of hydrogen-bond acceptors (Lipinski definition) is 5. The van der Waals surface area contributed by atoms with Gasteiger partial charge in [-0.15, -0.1) is 11.3 Å². The Labute approximate surface area is 91.3 Å². The molecule has 0 aliphatic rings. The summed E-state index contributed by atoms with van der Waals surface area (Å²) in [6, 6.07) is 0. The van der Waals surface area contributed by atoms with Crippen LogP contribution in [-0.2, 0) is 16.0 Å². The first-order valence-corrected chi connectivity index (χ1v) is 5.28. The third-order valence-corrected chi connectivity index (χ3v) is 2.61. The van der Waals surface area contributed by atoms with E-state index >= 15 is 0 Å². The molecule has 1 aromatic rings. The Morgan fingerprint density at radius 2 is 2.20 bits per heavy atom. The van der Waals surface area contributed by atoms with Gasteiger partial charge in [0.2, 0.25) is 5.91 Å². The Hall–Kier alpha value is -1.43. The van der Waals surface area contributed by atoms with Crippen molar-refractivity contribution in [2.24, 2.45) is 5.73 Å². The van der Waals surface area contributed by atoms with Crippen molar-refractivity contribution < 1.29 is 14.3 Å². The number of carbonyl (C=O) groups is 2. The topological polar surface area (TPSA) is 82.3 Å².